The van der Waals surface area contributed by atoms with Gasteiger partial charge in [-0.15, -0.1) is 0 Å². The first kappa shape index (κ1) is 25.8. The maximum absolute atomic E-state index is 13.9. The van der Waals surface area contributed by atoms with Gasteiger partial charge in [-0.2, -0.15) is 8.78 Å². The Morgan fingerprint density at radius 3 is 1.81 bits per heavy atom. The molecule has 0 fully saturated rings. The maximum Gasteiger partial charge on any atom is 0.314 e. The fourth-order valence-corrected chi connectivity index (χ4v) is 3.58. The molecule has 0 amide bonds. The van der Waals surface area contributed by atoms with E-state index in [1.165, 1.54) is 19.3 Å². The molecule has 0 radical (unpaired) electrons. The van der Waals surface area contributed by atoms with E-state index in [1.54, 1.807) is 24.3 Å². The van der Waals surface area contributed by atoms with E-state index in [-0.39, 0.29) is 6.42 Å². The van der Waals surface area contributed by atoms with Crippen LogP contribution >= 0.6 is 0 Å². The fraction of sp³-hybridized carbons (Fsp3) is 0.480. The van der Waals surface area contributed by atoms with Crippen LogP contribution in [-0.4, -0.2) is 5.97 Å². The number of carbonyl (C=O) groups is 1. The SMILES string of the molecule is CCCCCCCCCCC(Cc1ccccc1)C(=O)Oc1c(F)c(F)c(F)c(F)c1F. The summed E-state index contributed by atoms with van der Waals surface area (Å²) in [6, 6.07) is 8.99. The van der Waals surface area contributed by atoms with Crippen LogP contribution in [0.3, 0.4) is 0 Å². The van der Waals surface area contributed by atoms with Gasteiger partial charge in [0, 0.05) is 0 Å². The summed E-state index contributed by atoms with van der Waals surface area (Å²) in [4.78, 5) is 12.7. The molecule has 2 rings (SSSR count). The number of rotatable bonds is 13. The van der Waals surface area contributed by atoms with Crippen LogP contribution in [0.5, 0.6) is 5.75 Å². The number of ether oxygens (including phenoxy) is 1. The third kappa shape index (κ3) is 7.31. The van der Waals surface area contributed by atoms with Crippen LogP contribution in [0.2, 0.25) is 0 Å². The van der Waals surface area contributed by atoms with Gasteiger partial charge in [0.05, 0.1) is 5.92 Å². The van der Waals surface area contributed by atoms with Crippen molar-refractivity contribution in [2.75, 3.05) is 0 Å². The van der Waals surface area contributed by atoms with Crippen molar-refractivity contribution in [2.24, 2.45) is 5.92 Å². The van der Waals surface area contributed by atoms with Gasteiger partial charge < -0.3 is 4.74 Å². The lowest BCUT2D eigenvalue weighted by Gasteiger charge is -2.17. The van der Waals surface area contributed by atoms with Gasteiger partial charge in [0.25, 0.3) is 0 Å². The molecule has 0 aliphatic rings. The molecule has 32 heavy (non-hydrogen) atoms. The third-order valence-electron chi connectivity index (χ3n) is 5.44. The normalized spacial score (nSPS) is 12.1. The third-order valence-corrected chi connectivity index (χ3v) is 5.44. The Balaban J connectivity index is 2.05. The molecule has 0 aromatic heterocycles. The molecule has 1 atom stereocenters. The van der Waals surface area contributed by atoms with Crippen LogP contribution in [0.4, 0.5) is 22.0 Å². The molecule has 2 aromatic rings. The van der Waals surface area contributed by atoms with E-state index < -0.39 is 46.7 Å². The van der Waals surface area contributed by atoms with Gasteiger partial charge in [-0.1, -0.05) is 88.6 Å². The van der Waals surface area contributed by atoms with E-state index in [0.717, 1.165) is 31.2 Å². The first-order valence-corrected chi connectivity index (χ1v) is 11.1. The molecule has 0 aliphatic carbocycles. The minimum atomic E-state index is -2.29. The number of halogens is 5. The first-order valence-electron chi connectivity index (χ1n) is 11.1. The summed E-state index contributed by atoms with van der Waals surface area (Å²) in [6.07, 6.45) is 9.04. The van der Waals surface area contributed by atoms with Crippen molar-refractivity contribution in [3.63, 3.8) is 0 Å². The quantitative estimate of drug-likeness (QED) is 0.0772. The average molecular weight is 456 g/mol. The molecule has 0 saturated heterocycles. The number of hydrogen-bond donors (Lipinski definition) is 0. The van der Waals surface area contributed by atoms with Gasteiger partial charge in [-0.05, 0) is 18.4 Å². The van der Waals surface area contributed by atoms with Crippen LogP contribution in [0.1, 0.15) is 70.3 Å². The standard InChI is InChI=1S/C25H29F5O2/c1-2-3-4-5-6-7-8-12-15-18(16-17-13-10-9-11-14-17)25(31)32-24-22(29)20(27)19(26)21(28)23(24)30/h9-11,13-14,18H,2-8,12,15-16H2,1H3. The summed E-state index contributed by atoms with van der Waals surface area (Å²) >= 11 is 0. The highest BCUT2D eigenvalue weighted by atomic mass is 19.2. The fourth-order valence-electron chi connectivity index (χ4n) is 3.58. The highest BCUT2D eigenvalue weighted by molar-refractivity contribution is 5.75. The minimum absolute atomic E-state index is 0.242. The second-order valence-corrected chi connectivity index (χ2v) is 7.97. The Morgan fingerprint density at radius 1 is 0.750 bits per heavy atom. The number of esters is 1. The van der Waals surface area contributed by atoms with Crippen molar-refractivity contribution >= 4 is 5.97 Å². The lowest BCUT2D eigenvalue weighted by Crippen LogP contribution is -2.24. The van der Waals surface area contributed by atoms with Crippen molar-refractivity contribution in [1.29, 1.82) is 0 Å². The van der Waals surface area contributed by atoms with Gasteiger partial charge >= 0.3 is 5.97 Å². The van der Waals surface area contributed by atoms with E-state index in [1.807, 2.05) is 6.07 Å². The molecule has 0 aliphatic heterocycles. The van der Waals surface area contributed by atoms with Crippen molar-refractivity contribution in [1.82, 2.24) is 0 Å². The minimum Gasteiger partial charge on any atom is -0.420 e. The monoisotopic (exact) mass is 456 g/mol. The summed E-state index contributed by atoms with van der Waals surface area (Å²) in [5, 5.41) is 0. The second kappa shape index (κ2) is 13.2. The van der Waals surface area contributed by atoms with Crippen LogP contribution in [0, 0.1) is 35.0 Å². The van der Waals surface area contributed by atoms with Gasteiger partial charge in [-0.3, -0.25) is 4.79 Å². The Labute approximate surface area is 185 Å². The van der Waals surface area contributed by atoms with Crippen LogP contribution < -0.4 is 4.74 Å². The smallest absolute Gasteiger partial charge is 0.314 e. The molecule has 7 heteroatoms. The average Bonchev–Trinajstić information content (AvgIpc) is 2.80. The number of carbonyl (C=O) groups excluding carboxylic acids is 1. The summed E-state index contributed by atoms with van der Waals surface area (Å²) in [7, 11) is 0. The predicted molar refractivity (Wildman–Crippen MR) is 113 cm³/mol. The lowest BCUT2D eigenvalue weighted by atomic mass is 9.93. The van der Waals surface area contributed by atoms with Gasteiger partial charge in [0.15, 0.2) is 0 Å². The van der Waals surface area contributed by atoms with E-state index in [0.29, 0.717) is 12.8 Å². The van der Waals surface area contributed by atoms with E-state index in [2.05, 4.69) is 6.92 Å². The largest absolute Gasteiger partial charge is 0.420 e. The summed E-state index contributed by atoms with van der Waals surface area (Å²) in [5.41, 5.74) is 0.812. The molecule has 0 N–H and O–H groups in total. The zero-order chi connectivity index (χ0) is 23.5. The van der Waals surface area contributed by atoms with Crippen molar-refractivity contribution < 1.29 is 31.5 Å². The van der Waals surface area contributed by atoms with Gasteiger partial charge in [-0.25, -0.2) is 13.2 Å². The molecule has 0 spiro atoms. The van der Waals surface area contributed by atoms with Gasteiger partial charge in [0.2, 0.25) is 34.8 Å². The lowest BCUT2D eigenvalue weighted by molar-refractivity contribution is -0.139. The highest BCUT2D eigenvalue weighted by Crippen LogP contribution is 2.30. The van der Waals surface area contributed by atoms with E-state index in [4.69, 9.17) is 4.74 Å². The molecule has 2 aromatic carbocycles. The summed E-state index contributed by atoms with van der Waals surface area (Å²) in [6.45, 7) is 2.15. The van der Waals surface area contributed by atoms with Crippen LogP contribution in [-0.2, 0) is 11.2 Å². The van der Waals surface area contributed by atoms with E-state index in [9.17, 15) is 26.7 Å². The molecule has 0 saturated carbocycles. The van der Waals surface area contributed by atoms with Crippen molar-refractivity contribution in [3.05, 3.63) is 65.0 Å². The Morgan fingerprint density at radius 2 is 1.25 bits per heavy atom. The van der Waals surface area contributed by atoms with Gasteiger partial charge in [0.1, 0.15) is 0 Å². The van der Waals surface area contributed by atoms with Crippen molar-refractivity contribution in [2.45, 2.75) is 71.1 Å². The molecule has 1 unspecified atom stereocenters. The highest BCUT2D eigenvalue weighted by Gasteiger charge is 2.30. The van der Waals surface area contributed by atoms with Crippen LogP contribution in [0.25, 0.3) is 0 Å². The number of unbranched alkanes of at least 4 members (excludes halogenated alkanes) is 7. The topological polar surface area (TPSA) is 26.3 Å². The molecule has 0 heterocycles. The van der Waals surface area contributed by atoms with E-state index >= 15 is 0 Å². The maximum atomic E-state index is 13.9. The first-order chi connectivity index (χ1) is 15.4. The van der Waals surface area contributed by atoms with Crippen LogP contribution in [0.15, 0.2) is 30.3 Å². The molecule has 176 valence electrons. The Kier molecular flexibility index (Phi) is 10.6. The molecule has 0 bridgehead atoms. The number of hydrogen-bond acceptors (Lipinski definition) is 2. The zero-order valence-corrected chi connectivity index (χ0v) is 18.2. The predicted octanol–water partition coefficient (Wildman–Crippen LogP) is 7.68. The van der Waals surface area contributed by atoms with Crippen molar-refractivity contribution in [3.8, 4) is 5.75 Å². The summed E-state index contributed by atoms with van der Waals surface area (Å²) in [5.74, 6) is -14.2. The molecular weight excluding hydrogens is 427 g/mol. The second-order valence-electron chi connectivity index (χ2n) is 7.97. The number of benzene rings is 2. The molecule has 2 nitrogen and oxygen atoms in total. The summed E-state index contributed by atoms with van der Waals surface area (Å²) < 4.78 is 72.7. The molecular formula is C25H29F5O2. The Bertz CT molecular complexity index is 841. The zero-order valence-electron chi connectivity index (χ0n) is 18.2. The Hall–Kier alpha value is -2.44.